The predicted molar refractivity (Wildman–Crippen MR) is 66.2 cm³/mol. The zero-order valence-corrected chi connectivity index (χ0v) is 11.5. The first kappa shape index (κ1) is 16.3. The van der Waals surface area contributed by atoms with Crippen molar-refractivity contribution in [2.75, 3.05) is 39.1 Å². The maximum atomic E-state index is 11.4. The molecule has 0 aromatic heterocycles. The molecule has 1 amide bonds. The number of hydrogen-bond donors (Lipinski definition) is 1. The molecule has 0 aliphatic carbocycles. The minimum atomic E-state index is -3.19. The van der Waals surface area contributed by atoms with Gasteiger partial charge in [-0.3, -0.25) is 4.79 Å². The first-order valence-electron chi connectivity index (χ1n) is 5.64. The Labute approximate surface area is 103 Å². The summed E-state index contributed by atoms with van der Waals surface area (Å²) >= 11 is 0. The van der Waals surface area contributed by atoms with Crippen molar-refractivity contribution in [1.29, 1.82) is 0 Å². The van der Waals surface area contributed by atoms with E-state index in [1.807, 2.05) is 0 Å². The SMILES string of the molecule is CCCS(=O)(=O)NCCN(CCOC)C(C)=O. The topological polar surface area (TPSA) is 75.7 Å². The van der Waals surface area contributed by atoms with E-state index in [1.165, 1.54) is 6.92 Å². The molecule has 0 aliphatic heterocycles. The highest BCUT2D eigenvalue weighted by Gasteiger charge is 2.11. The monoisotopic (exact) mass is 266 g/mol. The molecule has 0 fully saturated rings. The molecule has 0 unspecified atom stereocenters. The normalized spacial score (nSPS) is 11.5. The summed E-state index contributed by atoms with van der Waals surface area (Å²) in [5.74, 6) is 0.0299. The highest BCUT2D eigenvalue weighted by atomic mass is 32.2. The third-order valence-corrected chi connectivity index (χ3v) is 3.78. The lowest BCUT2D eigenvalue weighted by Crippen LogP contribution is -2.39. The molecule has 0 aliphatic rings. The number of hydrogen-bond acceptors (Lipinski definition) is 4. The number of rotatable bonds is 9. The Morgan fingerprint density at radius 2 is 2.00 bits per heavy atom. The first-order chi connectivity index (χ1) is 7.93. The van der Waals surface area contributed by atoms with Crippen LogP contribution in [0.5, 0.6) is 0 Å². The second-order valence-corrected chi connectivity index (χ2v) is 5.64. The molecule has 17 heavy (non-hydrogen) atoms. The maximum Gasteiger partial charge on any atom is 0.219 e. The number of nitrogens with zero attached hydrogens (tertiary/aromatic N) is 1. The summed E-state index contributed by atoms with van der Waals surface area (Å²) in [5.41, 5.74) is 0. The number of carbonyl (C=O) groups is 1. The maximum absolute atomic E-state index is 11.4. The number of sulfonamides is 1. The highest BCUT2D eigenvalue weighted by Crippen LogP contribution is 1.91. The van der Waals surface area contributed by atoms with Crippen LogP contribution in [0, 0.1) is 0 Å². The number of methoxy groups -OCH3 is 1. The number of nitrogens with one attached hydrogen (secondary N) is 1. The summed E-state index contributed by atoms with van der Waals surface area (Å²) < 4.78 is 30.0. The van der Waals surface area contributed by atoms with Crippen LogP contribution in [0.15, 0.2) is 0 Å². The van der Waals surface area contributed by atoms with E-state index < -0.39 is 10.0 Å². The van der Waals surface area contributed by atoms with Crippen LogP contribution in [0.3, 0.4) is 0 Å². The van der Waals surface area contributed by atoms with Crippen LogP contribution in [0.25, 0.3) is 0 Å². The highest BCUT2D eigenvalue weighted by molar-refractivity contribution is 7.89. The molecule has 0 aromatic carbocycles. The van der Waals surface area contributed by atoms with Gasteiger partial charge in [0.15, 0.2) is 0 Å². The van der Waals surface area contributed by atoms with E-state index in [9.17, 15) is 13.2 Å². The molecule has 0 bridgehead atoms. The fraction of sp³-hybridized carbons (Fsp3) is 0.900. The van der Waals surface area contributed by atoms with Crippen molar-refractivity contribution >= 4 is 15.9 Å². The van der Waals surface area contributed by atoms with Crippen LogP contribution in [-0.4, -0.2) is 58.3 Å². The molecule has 6 nitrogen and oxygen atoms in total. The molecule has 0 spiro atoms. The lowest BCUT2D eigenvalue weighted by atomic mass is 10.4. The van der Waals surface area contributed by atoms with Crippen LogP contribution >= 0.6 is 0 Å². The third kappa shape index (κ3) is 8.12. The van der Waals surface area contributed by atoms with Gasteiger partial charge in [-0.05, 0) is 6.42 Å². The van der Waals surface area contributed by atoms with Crippen molar-refractivity contribution in [3.63, 3.8) is 0 Å². The largest absolute Gasteiger partial charge is 0.383 e. The van der Waals surface area contributed by atoms with E-state index >= 15 is 0 Å². The Morgan fingerprint density at radius 3 is 2.47 bits per heavy atom. The summed E-state index contributed by atoms with van der Waals surface area (Å²) in [4.78, 5) is 12.8. The molecule has 1 N–H and O–H groups in total. The Morgan fingerprint density at radius 1 is 1.35 bits per heavy atom. The van der Waals surface area contributed by atoms with Crippen LogP contribution < -0.4 is 4.72 Å². The fourth-order valence-corrected chi connectivity index (χ4v) is 2.39. The van der Waals surface area contributed by atoms with Crippen LogP contribution in [-0.2, 0) is 19.6 Å². The smallest absolute Gasteiger partial charge is 0.219 e. The molecule has 102 valence electrons. The average molecular weight is 266 g/mol. The molecular formula is C10H22N2O4S. The van der Waals surface area contributed by atoms with E-state index in [2.05, 4.69) is 4.72 Å². The second kappa shape index (κ2) is 8.43. The lowest BCUT2D eigenvalue weighted by Gasteiger charge is -2.20. The van der Waals surface area contributed by atoms with Crippen molar-refractivity contribution in [1.82, 2.24) is 9.62 Å². The molecule has 7 heteroatoms. The number of ether oxygens (including phenoxy) is 1. The van der Waals surface area contributed by atoms with Crippen molar-refractivity contribution in [2.24, 2.45) is 0 Å². The summed E-state index contributed by atoms with van der Waals surface area (Å²) in [5, 5.41) is 0. The third-order valence-electron chi connectivity index (χ3n) is 2.19. The minimum absolute atomic E-state index is 0.0864. The predicted octanol–water partition coefficient (Wildman–Crippen LogP) is -0.189. The van der Waals surface area contributed by atoms with Gasteiger partial charge in [0.1, 0.15) is 0 Å². The first-order valence-corrected chi connectivity index (χ1v) is 7.30. The van der Waals surface area contributed by atoms with Gasteiger partial charge in [-0.25, -0.2) is 13.1 Å². The standard InChI is InChI=1S/C10H22N2O4S/c1-4-9-17(14,15)11-5-6-12(10(2)13)7-8-16-3/h11H,4-9H2,1-3H3. The summed E-state index contributed by atoms with van der Waals surface area (Å²) in [6.07, 6.45) is 0.579. The lowest BCUT2D eigenvalue weighted by molar-refractivity contribution is -0.129. The summed E-state index contributed by atoms with van der Waals surface area (Å²) in [6.45, 7) is 4.78. The van der Waals surface area contributed by atoms with Crippen LogP contribution in [0.4, 0.5) is 0 Å². The Hall–Kier alpha value is -0.660. The van der Waals surface area contributed by atoms with Gasteiger partial charge in [0.2, 0.25) is 15.9 Å². The average Bonchev–Trinajstić information content (AvgIpc) is 2.22. The Bertz CT molecular complexity index is 316. The Balaban J connectivity index is 4.01. The van der Waals surface area contributed by atoms with E-state index in [4.69, 9.17) is 4.74 Å². The van der Waals surface area contributed by atoms with Gasteiger partial charge in [-0.15, -0.1) is 0 Å². The van der Waals surface area contributed by atoms with E-state index in [0.29, 0.717) is 26.1 Å². The zero-order chi connectivity index (χ0) is 13.3. The molecule has 0 saturated carbocycles. The van der Waals surface area contributed by atoms with Crippen LogP contribution in [0.2, 0.25) is 0 Å². The van der Waals surface area contributed by atoms with Gasteiger partial charge in [-0.1, -0.05) is 6.92 Å². The van der Waals surface area contributed by atoms with Gasteiger partial charge in [0.25, 0.3) is 0 Å². The molecule has 0 heterocycles. The van der Waals surface area contributed by atoms with Gasteiger partial charge >= 0.3 is 0 Å². The summed E-state index contributed by atoms with van der Waals surface area (Å²) in [6, 6.07) is 0. The van der Waals surface area contributed by atoms with Gasteiger partial charge in [0, 0.05) is 33.7 Å². The van der Waals surface area contributed by atoms with Crippen molar-refractivity contribution in [2.45, 2.75) is 20.3 Å². The quantitative estimate of drug-likeness (QED) is 0.627. The van der Waals surface area contributed by atoms with Crippen molar-refractivity contribution in [3.8, 4) is 0 Å². The molecule has 0 atom stereocenters. The fourth-order valence-electron chi connectivity index (χ4n) is 1.31. The van der Waals surface area contributed by atoms with E-state index in [-0.39, 0.29) is 18.2 Å². The van der Waals surface area contributed by atoms with Crippen molar-refractivity contribution in [3.05, 3.63) is 0 Å². The molecule has 0 rings (SSSR count). The van der Waals surface area contributed by atoms with Gasteiger partial charge < -0.3 is 9.64 Å². The van der Waals surface area contributed by atoms with E-state index in [0.717, 1.165) is 0 Å². The van der Waals surface area contributed by atoms with Crippen LogP contribution in [0.1, 0.15) is 20.3 Å². The molecular weight excluding hydrogens is 244 g/mol. The molecule has 0 aromatic rings. The van der Waals surface area contributed by atoms with Gasteiger partial charge in [-0.2, -0.15) is 0 Å². The Kier molecular flexibility index (Phi) is 8.11. The number of amides is 1. The van der Waals surface area contributed by atoms with Gasteiger partial charge in [0.05, 0.1) is 12.4 Å². The van der Waals surface area contributed by atoms with Crippen molar-refractivity contribution < 1.29 is 17.9 Å². The molecule has 0 radical (unpaired) electrons. The zero-order valence-electron chi connectivity index (χ0n) is 10.7. The number of carbonyl (C=O) groups excluding carboxylic acids is 1. The second-order valence-electron chi connectivity index (χ2n) is 3.71. The molecule has 0 saturated heterocycles. The minimum Gasteiger partial charge on any atom is -0.383 e. The van der Waals surface area contributed by atoms with E-state index in [1.54, 1.807) is 18.9 Å². The summed E-state index contributed by atoms with van der Waals surface area (Å²) in [7, 11) is -1.63.